The Hall–Kier alpha value is -2.74. The number of rotatable bonds is 6. The maximum atomic E-state index is 13.3. The second-order valence-corrected chi connectivity index (χ2v) is 9.67. The van der Waals surface area contributed by atoms with E-state index in [0.29, 0.717) is 32.6 Å². The smallest absolute Gasteiger partial charge is 0.318 e. The number of aryl methyl sites for hydroxylation is 1. The van der Waals surface area contributed by atoms with Crippen LogP contribution in [-0.4, -0.2) is 71.3 Å². The number of amides is 3. The number of aliphatic hydroxyl groups excluding tert-OH is 1. The molecule has 1 spiro atoms. The fourth-order valence-electron chi connectivity index (χ4n) is 5.87. The van der Waals surface area contributed by atoms with E-state index >= 15 is 0 Å². The van der Waals surface area contributed by atoms with Crippen LogP contribution in [0.3, 0.4) is 0 Å². The van der Waals surface area contributed by atoms with Gasteiger partial charge in [0.25, 0.3) is 0 Å². The Balaban J connectivity index is 1.83. The van der Waals surface area contributed by atoms with Gasteiger partial charge in [0.2, 0.25) is 5.91 Å². The number of aliphatic hydroxyl groups is 1. The monoisotopic (exact) mass is 470 g/mol. The van der Waals surface area contributed by atoms with Crippen LogP contribution in [0.4, 0.5) is 4.79 Å². The maximum absolute atomic E-state index is 13.3. The summed E-state index contributed by atoms with van der Waals surface area (Å²) < 4.78 is 7.60. The molecule has 0 bridgehead atoms. The fourth-order valence-corrected chi connectivity index (χ4v) is 5.87. The predicted molar refractivity (Wildman–Crippen MR) is 132 cm³/mol. The minimum Gasteiger partial charge on any atom is -0.497 e. The van der Waals surface area contributed by atoms with E-state index in [2.05, 4.69) is 16.0 Å². The maximum Gasteiger partial charge on any atom is 0.318 e. The molecule has 2 aromatic rings. The molecule has 8 heteroatoms. The Morgan fingerprint density at radius 1 is 1.21 bits per heavy atom. The SMILES string of the molecule is CCCNC(=O)N1CC2(CCN(C(=O)CCC)CC2)c2c(n(C)c3cc(OC)ccc23)[C@@H]1CO. The molecule has 0 saturated carbocycles. The van der Waals surface area contributed by atoms with Gasteiger partial charge < -0.3 is 29.5 Å². The highest BCUT2D eigenvalue weighted by atomic mass is 16.5. The first-order valence-electron chi connectivity index (χ1n) is 12.5. The predicted octanol–water partition coefficient (Wildman–Crippen LogP) is 3.32. The number of carbonyl (C=O) groups excluding carboxylic acids is 2. The molecule has 4 rings (SSSR count). The third-order valence-electron chi connectivity index (χ3n) is 7.65. The number of hydrogen-bond donors (Lipinski definition) is 2. The average molecular weight is 471 g/mol. The molecular weight excluding hydrogens is 432 g/mol. The van der Waals surface area contributed by atoms with Gasteiger partial charge in [-0.2, -0.15) is 0 Å². The number of likely N-dealkylation sites (tertiary alicyclic amines) is 1. The molecule has 2 N–H and O–H groups in total. The van der Waals surface area contributed by atoms with Crippen LogP contribution in [0, 0.1) is 0 Å². The Kier molecular flexibility index (Phi) is 7.07. The van der Waals surface area contributed by atoms with Crippen molar-refractivity contribution in [1.82, 2.24) is 19.7 Å². The van der Waals surface area contributed by atoms with Crippen LogP contribution in [0.2, 0.25) is 0 Å². The number of methoxy groups -OCH3 is 1. The minimum absolute atomic E-state index is 0.141. The number of ether oxygens (including phenoxy) is 1. The lowest BCUT2D eigenvalue weighted by Gasteiger charge is -2.50. The molecule has 1 fully saturated rings. The third kappa shape index (κ3) is 4.02. The van der Waals surface area contributed by atoms with Crippen molar-refractivity contribution < 1.29 is 19.4 Å². The molecule has 0 radical (unpaired) electrons. The number of benzene rings is 1. The highest BCUT2D eigenvalue weighted by molar-refractivity contribution is 5.89. The molecule has 2 aliphatic heterocycles. The molecule has 2 aliphatic rings. The molecule has 0 aliphatic carbocycles. The zero-order valence-corrected chi connectivity index (χ0v) is 20.9. The highest BCUT2D eigenvalue weighted by Crippen LogP contribution is 2.50. The molecular formula is C26H38N4O4. The highest BCUT2D eigenvalue weighted by Gasteiger charge is 2.49. The lowest BCUT2D eigenvalue weighted by Crippen LogP contribution is -2.57. The Bertz CT molecular complexity index is 1050. The molecule has 1 saturated heterocycles. The van der Waals surface area contributed by atoms with Crippen molar-refractivity contribution >= 4 is 22.8 Å². The minimum atomic E-state index is -0.430. The van der Waals surface area contributed by atoms with Gasteiger partial charge >= 0.3 is 6.03 Å². The normalized spacial score (nSPS) is 19.4. The molecule has 8 nitrogen and oxygen atoms in total. The van der Waals surface area contributed by atoms with Crippen LogP contribution >= 0.6 is 0 Å². The second-order valence-electron chi connectivity index (χ2n) is 9.67. The topological polar surface area (TPSA) is 87.0 Å². The van der Waals surface area contributed by atoms with Crippen LogP contribution in [0.25, 0.3) is 10.9 Å². The molecule has 0 unspecified atom stereocenters. The molecule has 186 valence electrons. The van der Waals surface area contributed by atoms with Crippen molar-refractivity contribution in [1.29, 1.82) is 0 Å². The zero-order chi connectivity index (χ0) is 24.5. The molecule has 1 aromatic heterocycles. The standard InChI is InChI=1S/C26H38N4O4/c1-5-7-22(32)29-13-10-26(11-14-29)17-30(25(33)27-12-6-2)21(16-31)24-23(26)19-9-8-18(34-4)15-20(19)28(24)3/h8-9,15,21,31H,5-7,10-14,16-17H2,1-4H3,(H,27,33)/t21-/m0/s1. The first-order chi connectivity index (χ1) is 16.4. The molecule has 3 amide bonds. The van der Waals surface area contributed by atoms with E-state index in [4.69, 9.17) is 4.74 Å². The van der Waals surface area contributed by atoms with Crippen molar-refractivity contribution in [3.63, 3.8) is 0 Å². The van der Waals surface area contributed by atoms with E-state index in [9.17, 15) is 14.7 Å². The van der Waals surface area contributed by atoms with Crippen LogP contribution in [0.5, 0.6) is 5.75 Å². The van der Waals surface area contributed by atoms with E-state index in [0.717, 1.165) is 48.0 Å². The number of carbonyl (C=O) groups is 2. The number of fused-ring (bicyclic) bond motifs is 4. The molecule has 3 heterocycles. The number of nitrogens with zero attached hydrogens (tertiary/aromatic N) is 3. The summed E-state index contributed by atoms with van der Waals surface area (Å²) in [6.45, 7) is 6.40. The largest absolute Gasteiger partial charge is 0.497 e. The van der Waals surface area contributed by atoms with E-state index < -0.39 is 6.04 Å². The van der Waals surface area contributed by atoms with Gasteiger partial charge in [-0.3, -0.25) is 4.79 Å². The quantitative estimate of drug-likeness (QED) is 0.678. The van der Waals surface area contributed by atoms with Crippen molar-refractivity contribution in [2.45, 2.75) is 57.4 Å². The Morgan fingerprint density at radius 2 is 1.94 bits per heavy atom. The van der Waals surface area contributed by atoms with E-state index in [1.807, 2.05) is 42.8 Å². The summed E-state index contributed by atoms with van der Waals surface area (Å²) in [6.07, 6.45) is 3.85. The van der Waals surface area contributed by atoms with Gasteiger partial charge in [0, 0.05) is 62.2 Å². The molecule has 1 aromatic carbocycles. The number of urea groups is 1. The van der Waals surface area contributed by atoms with Gasteiger partial charge in [0.15, 0.2) is 0 Å². The summed E-state index contributed by atoms with van der Waals surface area (Å²) >= 11 is 0. The van der Waals surface area contributed by atoms with Crippen molar-refractivity contribution in [2.75, 3.05) is 39.9 Å². The second kappa shape index (κ2) is 9.86. The van der Waals surface area contributed by atoms with Crippen LogP contribution in [0.1, 0.15) is 63.3 Å². The fraction of sp³-hybridized carbons (Fsp3) is 0.615. The summed E-state index contributed by atoms with van der Waals surface area (Å²) in [6, 6.07) is 5.53. The summed E-state index contributed by atoms with van der Waals surface area (Å²) in [5, 5.41) is 14.6. The summed E-state index contributed by atoms with van der Waals surface area (Å²) in [7, 11) is 3.66. The summed E-state index contributed by atoms with van der Waals surface area (Å²) in [5.74, 6) is 0.986. The van der Waals surface area contributed by atoms with E-state index in [1.54, 1.807) is 7.11 Å². The van der Waals surface area contributed by atoms with Crippen molar-refractivity contribution in [3.8, 4) is 5.75 Å². The Morgan fingerprint density at radius 3 is 2.56 bits per heavy atom. The van der Waals surface area contributed by atoms with Gasteiger partial charge in [0.05, 0.1) is 25.3 Å². The van der Waals surface area contributed by atoms with Gasteiger partial charge in [-0.1, -0.05) is 13.8 Å². The lowest BCUT2D eigenvalue weighted by atomic mass is 9.68. The number of nitrogens with one attached hydrogen (secondary N) is 1. The van der Waals surface area contributed by atoms with Gasteiger partial charge in [-0.25, -0.2) is 4.79 Å². The van der Waals surface area contributed by atoms with Gasteiger partial charge in [-0.05, 0) is 43.4 Å². The van der Waals surface area contributed by atoms with Crippen LogP contribution in [0.15, 0.2) is 18.2 Å². The average Bonchev–Trinajstić information content (AvgIpc) is 3.15. The summed E-state index contributed by atoms with van der Waals surface area (Å²) in [4.78, 5) is 29.6. The third-order valence-corrected chi connectivity index (χ3v) is 7.65. The molecule has 1 atom stereocenters. The van der Waals surface area contributed by atoms with Crippen LogP contribution in [-0.2, 0) is 17.3 Å². The van der Waals surface area contributed by atoms with Crippen LogP contribution < -0.4 is 10.1 Å². The number of hydrogen-bond acceptors (Lipinski definition) is 4. The van der Waals surface area contributed by atoms with Crippen molar-refractivity contribution in [2.24, 2.45) is 7.05 Å². The first kappa shape index (κ1) is 24.4. The number of aromatic nitrogens is 1. The van der Waals surface area contributed by atoms with Gasteiger partial charge in [-0.15, -0.1) is 0 Å². The summed E-state index contributed by atoms with van der Waals surface area (Å²) in [5.41, 5.74) is 2.95. The lowest BCUT2D eigenvalue weighted by molar-refractivity contribution is -0.133. The number of piperidine rings is 1. The first-order valence-corrected chi connectivity index (χ1v) is 12.5. The van der Waals surface area contributed by atoms with E-state index in [1.165, 1.54) is 5.56 Å². The van der Waals surface area contributed by atoms with E-state index in [-0.39, 0.29) is 24.0 Å². The Labute approximate surface area is 201 Å². The molecule has 34 heavy (non-hydrogen) atoms. The van der Waals surface area contributed by atoms with Crippen molar-refractivity contribution in [3.05, 3.63) is 29.5 Å². The van der Waals surface area contributed by atoms with Gasteiger partial charge in [0.1, 0.15) is 5.75 Å². The zero-order valence-electron chi connectivity index (χ0n) is 20.9.